The quantitative estimate of drug-likeness (QED) is 0.650. The molecule has 0 spiro atoms. The van der Waals surface area contributed by atoms with Gasteiger partial charge in [-0.1, -0.05) is 6.07 Å². The smallest absolute Gasteiger partial charge is 0.225 e. The lowest BCUT2D eigenvalue weighted by Crippen LogP contribution is -2.52. The predicted octanol–water partition coefficient (Wildman–Crippen LogP) is 2.23. The topological polar surface area (TPSA) is 73.8 Å². The van der Waals surface area contributed by atoms with E-state index in [1.54, 1.807) is 22.7 Å². The number of amides is 1. The van der Waals surface area contributed by atoms with Crippen LogP contribution in [0.3, 0.4) is 0 Å². The van der Waals surface area contributed by atoms with Crippen molar-refractivity contribution in [2.45, 2.75) is 19.3 Å². The molecule has 0 aliphatic carbocycles. The monoisotopic (exact) mass is 468 g/mol. The van der Waals surface area contributed by atoms with Crippen LogP contribution in [0.5, 0.6) is 0 Å². The normalized spacial score (nSPS) is 20.0. The molecule has 7 nitrogen and oxygen atoms in total. The lowest BCUT2D eigenvalue weighted by atomic mass is 9.96. The van der Waals surface area contributed by atoms with Gasteiger partial charge in [0.15, 0.2) is 0 Å². The molecule has 2 saturated heterocycles. The van der Waals surface area contributed by atoms with Gasteiger partial charge in [0, 0.05) is 63.5 Å². The Morgan fingerprint density at radius 3 is 2.50 bits per heavy atom. The van der Waals surface area contributed by atoms with Crippen molar-refractivity contribution >= 4 is 38.6 Å². The summed E-state index contributed by atoms with van der Waals surface area (Å²) in [6, 6.07) is 4.15. The molecule has 10 heteroatoms. The molecule has 0 radical (unpaired) electrons. The van der Waals surface area contributed by atoms with E-state index in [-0.39, 0.29) is 11.8 Å². The van der Waals surface area contributed by atoms with E-state index in [4.69, 9.17) is 4.98 Å². The summed E-state index contributed by atoms with van der Waals surface area (Å²) in [5, 5.41) is 5.37. The summed E-state index contributed by atoms with van der Waals surface area (Å²) in [4.78, 5) is 23.2. The number of rotatable bonds is 6. The molecule has 2 aliphatic heterocycles. The Morgan fingerprint density at radius 2 is 1.87 bits per heavy atom. The van der Waals surface area contributed by atoms with Crippen molar-refractivity contribution in [1.82, 2.24) is 19.1 Å². The molecule has 164 valence electrons. The van der Waals surface area contributed by atoms with Crippen LogP contribution in [-0.2, 0) is 21.2 Å². The first-order valence-electron chi connectivity index (χ1n) is 10.3. The molecule has 0 atom stereocenters. The van der Waals surface area contributed by atoms with Crippen LogP contribution >= 0.6 is 22.7 Å². The minimum atomic E-state index is -3.15. The lowest BCUT2D eigenvalue weighted by Gasteiger charge is -2.38. The van der Waals surface area contributed by atoms with Gasteiger partial charge >= 0.3 is 0 Å². The first kappa shape index (κ1) is 21.9. The van der Waals surface area contributed by atoms with E-state index in [9.17, 15) is 13.2 Å². The van der Waals surface area contributed by atoms with Gasteiger partial charge in [-0.2, -0.15) is 0 Å². The number of sulfonamides is 1. The van der Waals surface area contributed by atoms with E-state index < -0.39 is 10.0 Å². The Kier molecular flexibility index (Phi) is 6.88. The summed E-state index contributed by atoms with van der Waals surface area (Å²) in [5.41, 5.74) is 1.07. The van der Waals surface area contributed by atoms with Gasteiger partial charge in [0.05, 0.1) is 21.8 Å². The van der Waals surface area contributed by atoms with Crippen molar-refractivity contribution in [3.05, 3.63) is 27.9 Å². The third-order valence-corrected chi connectivity index (χ3v) is 9.03. The van der Waals surface area contributed by atoms with Crippen molar-refractivity contribution in [1.29, 1.82) is 0 Å². The van der Waals surface area contributed by atoms with Gasteiger partial charge in [0.2, 0.25) is 15.9 Å². The number of thiophene rings is 1. The third-order valence-electron chi connectivity index (χ3n) is 5.92. The second-order valence-corrected chi connectivity index (χ2v) is 11.8. The molecule has 30 heavy (non-hydrogen) atoms. The molecule has 0 unspecified atom stereocenters. The van der Waals surface area contributed by atoms with Crippen LogP contribution in [0.4, 0.5) is 0 Å². The largest absolute Gasteiger partial charge is 0.340 e. The molecule has 0 N–H and O–H groups in total. The molecule has 4 rings (SSSR count). The Hall–Kier alpha value is -1.33. The van der Waals surface area contributed by atoms with E-state index in [1.165, 1.54) is 15.4 Å². The molecule has 2 fully saturated rings. The third kappa shape index (κ3) is 5.28. The van der Waals surface area contributed by atoms with Crippen LogP contribution in [-0.4, -0.2) is 85.5 Å². The van der Waals surface area contributed by atoms with E-state index in [0.717, 1.165) is 49.8 Å². The number of thiazole rings is 1. The predicted molar refractivity (Wildman–Crippen MR) is 121 cm³/mol. The number of carbonyl (C=O) groups is 1. The van der Waals surface area contributed by atoms with Crippen molar-refractivity contribution in [2.24, 2.45) is 5.92 Å². The fourth-order valence-corrected chi connectivity index (χ4v) is 6.52. The van der Waals surface area contributed by atoms with Crippen molar-refractivity contribution in [3.63, 3.8) is 0 Å². The number of carbonyl (C=O) groups excluding carboxylic acids is 1. The van der Waals surface area contributed by atoms with E-state index in [1.807, 2.05) is 4.90 Å². The molecular formula is C20H28N4O3S3. The molecule has 4 heterocycles. The van der Waals surface area contributed by atoms with Gasteiger partial charge in [0.1, 0.15) is 0 Å². The average Bonchev–Trinajstić information content (AvgIpc) is 3.43. The second kappa shape index (κ2) is 9.44. The van der Waals surface area contributed by atoms with E-state index in [0.29, 0.717) is 25.9 Å². The highest BCUT2D eigenvalue weighted by Gasteiger charge is 2.32. The first-order valence-corrected chi connectivity index (χ1v) is 14.0. The zero-order chi connectivity index (χ0) is 21.1. The molecule has 0 bridgehead atoms. The summed E-state index contributed by atoms with van der Waals surface area (Å²) in [5.74, 6) is 0.156. The molecule has 0 aromatic carbocycles. The van der Waals surface area contributed by atoms with Gasteiger partial charge in [0.25, 0.3) is 0 Å². The highest BCUT2D eigenvalue weighted by molar-refractivity contribution is 7.88. The maximum absolute atomic E-state index is 12.8. The maximum atomic E-state index is 12.8. The minimum Gasteiger partial charge on any atom is -0.340 e. The van der Waals surface area contributed by atoms with Crippen LogP contribution in [0.1, 0.15) is 17.8 Å². The van der Waals surface area contributed by atoms with Crippen molar-refractivity contribution < 1.29 is 13.2 Å². The maximum Gasteiger partial charge on any atom is 0.225 e. The molecule has 0 saturated carbocycles. The number of hydrogen-bond donors (Lipinski definition) is 0. The lowest BCUT2D eigenvalue weighted by molar-refractivity contribution is -0.138. The average molecular weight is 469 g/mol. The van der Waals surface area contributed by atoms with Crippen LogP contribution < -0.4 is 0 Å². The zero-order valence-electron chi connectivity index (χ0n) is 17.2. The minimum absolute atomic E-state index is 0.0412. The SMILES string of the molecule is CS(=O)(=O)N1CCC(C(=O)N2CCN(CCc3nc(-c4cccs4)cs3)CC2)CC1. The van der Waals surface area contributed by atoms with Crippen molar-refractivity contribution in [3.8, 4) is 10.6 Å². The summed E-state index contributed by atoms with van der Waals surface area (Å²) in [6.07, 6.45) is 3.43. The summed E-state index contributed by atoms with van der Waals surface area (Å²) in [6.45, 7) is 5.15. The summed E-state index contributed by atoms with van der Waals surface area (Å²) in [7, 11) is -3.15. The number of aromatic nitrogens is 1. The van der Waals surface area contributed by atoms with Gasteiger partial charge in [-0.15, -0.1) is 22.7 Å². The van der Waals surface area contributed by atoms with Gasteiger partial charge in [-0.3, -0.25) is 9.69 Å². The zero-order valence-corrected chi connectivity index (χ0v) is 19.6. The highest BCUT2D eigenvalue weighted by Crippen LogP contribution is 2.26. The van der Waals surface area contributed by atoms with Crippen LogP contribution in [0, 0.1) is 5.92 Å². The van der Waals surface area contributed by atoms with E-state index >= 15 is 0 Å². The highest BCUT2D eigenvalue weighted by atomic mass is 32.2. The number of piperidine rings is 1. The second-order valence-electron chi connectivity index (χ2n) is 7.96. The molecular weight excluding hydrogens is 440 g/mol. The molecule has 1 amide bonds. The van der Waals surface area contributed by atoms with Gasteiger partial charge in [-0.25, -0.2) is 17.7 Å². The first-order chi connectivity index (χ1) is 14.4. The Morgan fingerprint density at radius 1 is 1.13 bits per heavy atom. The molecule has 2 aromatic heterocycles. The summed E-state index contributed by atoms with van der Waals surface area (Å²) < 4.78 is 24.8. The Labute approximate surface area is 186 Å². The number of piperazine rings is 1. The van der Waals surface area contributed by atoms with Gasteiger partial charge < -0.3 is 4.90 Å². The molecule has 2 aromatic rings. The van der Waals surface area contributed by atoms with Crippen molar-refractivity contribution in [2.75, 3.05) is 52.1 Å². The summed E-state index contributed by atoms with van der Waals surface area (Å²) >= 11 is 3.44. The van der Waals surface area contributed by atoms with Crippen LogP contribution in [0.25, 0.3) is 10.6 Å². The fourth-order valence-electron chi connectivity index (χ4n) is 4.10. The molecule has 2 aliphatic rings. The van der Waals surface area contributed by atoms with E-state index in [2.05, 4.69) is 27.8 Å². The number of nitrogens with zero attached hydrogens (tertiary/aromatic N) is 4. The Balaban J connectivity index is 1.20. The van der Waals surface area contributed by atoms with Crippen LogP contribution in [0.2, 0.25) is 0 Å². The van der Waals surface area contributed by atoms with Gasteiger partial charge in [-0.05, 0) is 24.3 Å². The Bertz CT molecular complexity index is 942. The fraction of sp³-hybridized carbons (Fsp3) is 0.600. The number of hydrogen-bond acceptors (Lipinski definition) is 7. The van der Waals surface area contributed by atoms with Crippen LogP contribution in [0.15, 0.2) is 22.9 Å². The standard InChI is InChI=1S/C20H28N4O3S3/c1-30(26,27)24-8-4-16(5-9-24)20(25)23-12-10-22(11-13-23)7-6-19-21-17(15-29-19)18-3-2-14-28-18/h2-3,14-16H,4-13H2,1H3.